The van der Waals surface area contributed by atoms with Gasteiger partial charge in [-0.1, -0.05) is 157 Å². The fraction of sp³-hybridized carbons (Fsp3) is 0.833. The summed E-state index contributed by atoms with van der Waals surface area (Å²) in [6.45, 7) is 13.3. The Morgan fingerprint density at radius 2 is 0.930 bits per heavy atom. The summed E-state index contributed by atoms with van der Waals surface area (Å²) in [5.74, 6) is 0.549. The molecule has 1 aromatic rings. The van der Waals surface area contributed by atoms with E-state index in [1.807, 2.05) is 6.07 Å². The molecule has 0 fully saturated rings. The first kappa shape index (κ1) is 42.6. The number of unbranched alkanes of at least 4 members (excludes halogenated alkanes) is 18. The number of benzene rings is 1. The fourth-order valence-corrected chi connectivity index (χ4v) is 7.13. The number of hydrogen-bond acceptors (Lipinski definition) is 3. The molecule has 1 rings (SSSR count). The average Bonchev–Trinajstić information content (AvgIpc) is 2.94. The van der Waals surface area contributed by atoms with Crippen LogP contribution in [0.4, 0.5) is 0 Å². The predicted octanol–water partition coefficient (Wildman–Crippen LogP) is 11.4. The van der Waals surface area contributed by atoms with Crippen LogP contribution in [0.15, 0.2) is 11.0 Å². The second kappa shape index (κ2) is 26.8. The maximum atomic E-state index is 12.6. The van der Waals surface area contributed by atoms with Crippen molar-refractivity contribution >= 4 is 10.1 Å². The molecule has 0 saturated carbocycles. The van der Waals surface area contributed by atoms with E-state index in [2.05, 4.69) is 41.5 Å². The molecule has 0 aliphatic rings. The molecule has 7 heteroatoms. The third-order valence-electron chi connectivity index (χ3n) is 8.62. The van der Waals surface area contributed by atoms with Gasteiger partial charge in [0.05, 0.1) is 4.90 Å². The fourth-order valence-electron chi connectivity index (χ4n) is 6.32. The quantitative estimate of drug-likeness (QED) is 0.0619. The Labute approximate surface area is 276 Å². The molecule has 5 nitrogen and oxygen atoms in total. The van der Waals surface area contributed by atoms with Crippen molar-refractivity contribution in [3.8, 4) is 0 Å². The molecule has 2 N–H and O–H groups in total. The molecule has 0 aromatic heterocycles. The van der Waals surface area contributed by atoms with Crippen molar-refractivity contribution in [2.24, 2.45) is 0 Å². The summed E-state index contributed by atoms with van der Waals surface area (Å²) in [7, 11) is -4.27. The van der Waals surface area contributed by atoms with Gasteiger partial charge in [-0.05, 0) is 65.8 Å². The molecule has 43 heavy (non-hydrogen) atoms. The van der Waals surface area contributed by atoms with Crippen molar-refractivity contribution in [3.05, 3.63) is 28.3 Å². The summed E-state index contributed by atoms with van der Waals surface area (Å²) >= 11 is -1.75. The Bertz CT molecular complexity index is 943. The second-order valence-electron chi connectivity index (χ2n) is 13.1. The first-order valence-electron chi connectivity index (χ1n) is 17.7. The van der Waals surface area contributed by atoms with Crippen LogP contribution in [0, 0.1) is 0 Å². The van der Waals surface area contributed by atoms with Gasteiger partial charge in [0.25, 0.3) is 10.1 Å². The van der Waals surface area contributed by atoms with Crippen LogP contribution in [0.25, 0.3) is 0 Å². The molecule has 0 heterocycles. The Balaban J connectivity index is 0.00000562. The van der Waals surface area contributed by atoms with Gasteiger partial charge in [0.15, 0.2) is 0 Å². The molecule has 251 valence electrons. The molecule has 1 aromatic carbocycles. The Morgan fingerprint density at radius 3 is 1.23 bits per heavy atom. The molecule has 0 aliphatic heterocycles. The standard InChI is InChI=1S/C36H66O3S.H2O.O.Ti/c1-7-9-11-13-15-17-19-21-23-25-27-32-33(28-26-24-22-20-18-16-14-12-10-8-2)36(31(5)6)34(30(3)4)29-35(32)40(37,38)39;;;/h29-31H,7-28H2,1-6H3,(H,37,38,39);1H2;;/q;;;+1/p-1. The van der Waals surface area contributed by atoms with E-state index < -0.39 is 29.6 Å². The summed E-state index contributed by atoms with van der Waals surface area (Å²) in [5.41, 5.74) is 4.56. The van der Waals surface area contributed by atoms with Crippen LogP contribution >= 0.6 is 0 Å². The molecular weight excluding hydrogens is 592 g/mol. The van der Waals surface area contributed by atoms with Crippen LogP contribution in [-0.2, 0) is 45.8 Å². The van der Waals surface area contributed by atoms with Crippen molar-refractivity contribution in [2.45, 2.75) is 200 Å². The summed E-state index contributed by atoms with van der Waals surface area (Å²) in [6.07, 6.45) is 27.2. The zero-order chi connectivity index (χ0) is 32.5. The molecule has 0 amide bonds. The van der Waals surface area contributed by atoms with E-state index in [1.54, 1.807) is 0 Å². The molecule has 0 atom stereocenters. The topological polar surface area (TPSA) is 91.7 Å². The van der Waals surface area contributed by atoms with E-state index in [-0.39, 0.29) is 10.8 Å². The normalized spacial score (nSPS) is 11.6. The van der Waals surface area contributed by atoms with Crippen LogP contribution in [0.3, 0.4) is 0 Å². The Kier molecular flexibility index (Phi) is 26.5. The summed E-state index contributed by atoms with van der Waals surface area (Å²) in [5, 5.41) is 0. The third-order valence-corrected chi connectivity index (χ3v) is 9.54. The van der Waals surface area contributed by atoms with E-state index in [1.165, 1.54) is 120 Å². The first-order valence-corrected chi connectivity index (χ1v) is 20.5. The van der Waals surface area contributed by atoms with Crippen LogP contribution in [-0.4, -0.2) is 16.7 Å². The minimum absolute atomic E-state index is 0.179. The number of hydrogen-bond donors (Lipinski definition) is 2. The molecule has 0 spiro atoms. The van der Waals surface area contributed by atoms with Crippen molar-refractivity contribution in [1.29, 1.82) is 0 Å². The number of rotatable bonds is 25. The van der Waals surface area contributed by atoms with Gasteiger partial charge in [-0.2, -0.15) is 8.42 Å². The van der Waals surface area contributed by atoms with Crippen molar-refractivity contribution in [1.82, 2.24) is 0 Å². The van der Waals surface area contributed by atoms with E-state index >= 15 is 0 Å². The van der Waals surface area contributed by atoms with Crippen molar-refractivity contribution < 1.29 is 39.5 Å². The van der Waals surface area contributed by atoms with Crippen LogP contribution in [0.2, 0.25) is 0 Å². The Hall–Kier alpha value is -0.396. The van der Waals surface area contributed by atoms with E-state index in [0.29, 0.717) is 5.92 Å². The molecule has 0 saturated heterocycles. The molecular formula is C36H67O5STi. The van der Waals surface area contributed by atoms with Crippen LogP contribution in [0.1, 0.15) is 204 Å². The van der Waals surface area contributed by atoms with Crippen molar-refractivity contribution in [2.75, 3.05) is 0 Å². The van der Waals surface area contributed by atoms with Gasteiger partial charge in [0.2, 0.25) is 0 Å². The van der Waals surface area contributed by atoms with Gasteiger partial charge in [0, 0.05) is 0 Å². The van der Waals surface area contributed by atoms with Crippen LogP contribution in [0.5, 0.6) is 0 Å². The average molecular weight is 660 g/mol. The third kappa shape index (κ3) is 19.7. The Morgan fingerprint density at radius 1 is 0.605 bits per heavy atom. The minimum atomic E-state index is -4.27. The summed E-state index contributed by atoms with van der Waals surface area (Å²) < 4.78 is 51.3. The van der Waals surface area contributed by atoms with Crippen molar-refractivity contribution in [3.63, 3.8) is 0 Å². The summed E-state index contributed by atoms with van der Waals surface area (Å²) in [6, 6.07) is 1.81. The predicted molar refractivity (Wildman–Crippen MR) is 178 cm³/mol. The zero-order valence-corrected chi connectivity index (χ0v) is 31.2. The van der Waals surface area contributed by atoms with E-state index in [4.69, 9.17) is 7.01 Å². The maximum absolute atomic E-state index is 12.6. The van der Waals surface area contributed by atoms with E-state index in [9.17, 15) is 13.0 Å². The van der Waals surface area contributed by atoms with Gasteiger partial charge in [-0.3, -0.25) is 4.55 Å². The SMILES string of the molecule is CCCCCCCCCCCCc1c(S(=O)(=O)O)cc(C(C)C)c(C(C)C)c1CCCCCCCCCCCC.[O]=[Ti][OH]. The van der Waals surface area contributed by atoms with Gasteiger partial charge in [0.1, 0.15) is 0 Å². The van der Waals surface area contributed by atoms with Crippen LogP contribution < -0.4 is 0 Å². The van der Waals surface area contributed by atoms with Gasteiger partial charge < -0.3 is 0 Å². The van der Waals surface area contributed by atoms with Gasteiger partial charge in [-0.25, -0.2) is 0 Å². The van der Waals surface area contributed by atoms with Gasteiger partial charge >= 0.3 is 26.5 Å². The van der Waals surface area contributed by atoms with E-state index in [0.717, 1.165) is 43.2 Å². The molecule has 0 bridgehead atoms. The molecule has 0 aliphatic carbocycles. The zero-order valence-electron chi connectivity index (χ0n) is 28.8. The molecule has 0 radical (unpaired) electrons. The first-order chi connectivity index (χ1) is 20.6. The molecule has 0 unspecified atom stereocenters. The summed E-state index contributed by atoms with van der Waals surface area (Å²) in [4.78, 5) is 0.179. The second-order valence-corrected chi connectivity index (χ2v) is 14.7. The van der Waals surface area contributed by atoms with Gasteiger partial charge in [-0.15, -0.1) is 0 Å². The monoisotopic (exact) mass is 659 g/mol.